The number of sulfonamides is 3. The Morgan fingerprint density at radius 3 is 0.857 bits per heavy atom. The number of para-hydroxylation sites is 3. The molecule has 0 unspecified atom stereocenters. The molecule has 46 heteroatoms. The monoisotopic (exact) mass is 2110 g/mol. The number of hydrogen-bond acceptors (Lipinski definition) is 15. The summed E-state index contributed by atoms with van der Waals surface area (Å²) in [7, 11) is -13.8. The summed E-state index contributed by atoms with van der Waals surface area (Å²) in [5, 5.41) is 19.5. The van der Waals surface area contributed by atoms with Gasteiger partial charge in [-0.05, 0) is 204 Å². The van der Waals surface area contributed by atoms with Gasteiger partial charge >= 0.3 is 24.1 Å². The number of urea groups is 4. The van der Waals surface area contributed by atoms with Crippen LogP contribution in [-0.4, -0.2) is 155 Å². The highest BCUT2D eigenvalue weighted by atomic mass is 32.2. The highest BCUT2D eigenvalue weighted by Gasteiger charge is 2.42. The Morgan fingerprint density at radius 2 is 0.558 bits per heavy atom. The predicted octanol–water partition coefficient (Wildman–Crippen LogP) is 18.4. The minimum absolute atomic E-state index is 0.00456. The van der Waals surface area contributed by atoms with E-state index in [9.17, 15) is 85.7 Å². The van der Waals surface area contributed by atoms with Gasteiger partial charge in [0, 0.05) is 76.1 Å². The molecule has 0 saturated carbocycles. The van der Waals surface area contributed by atoms with Gasteiger partial charge in [0.05, 0.1) is 70.0 Å². The highest BCUT2D eigenvalue weighted by molar-refractivity contribution is 7.92. The fraction of sp³-hybridized carbons (Fsp3) is 0.208. The number of nitrogens with one attached hydrogen (secondary N) is 11. The molecule has 4 fully saturated rings. The second-order valence-electron chi connectivity index (χ2n) is 34.8. The largest absolute Gasteiger partial charge is 0.326 e. The summed E-state index contributed by atoms with van der Waals surface area (Å²) in [4.78, 5) is 105. The minimum atomic E-state index is -3.70. The fourth-order valence-electron chi connectivity index (χ4n) is 16.4. The molecular formula is C101H94F12N15O15PS3. The SMILES string of the molecule is Cc1cc(F)c(NC(=O)N[C@@H]2CCN(c3ccc(-c4ccccc4NS(C)(=O)=O)c(F)c3F)C2=O)c(F)c1.Cc1ccc(NC(=O)N[C@@H]2CCN(c3ccc(-c4ccccc4NS(C)(=O)=O)c(F)c3F)C2=O)c(F)c1.Cc1ccc(NC(=O)N[C@@H]2CCN(c3ccc(-c4ccccc4NS(C)(=O)=O)c(F)c3F)C2=O)cc1.Cc1ccc(NC(=O)N[C@@H]2CCN(c3ccc(-c4ccccc4P(C)(C)=O)c(F)c3F)C2=O)c(F)c1. The second kappa shape index (κ2) is 45.3. The lowest BCUT2D eigenvalue weighted by molar-refractivity contribution is -0.119. The van der Waals surface area contributed by atoms with Gasteiger partial charge in [-0.3, -0.25) is 33.3 Å². The van der Waals surface area contributed by atoms with Crippen LogP contribution in [0.1, 0.15) is 47.9 Å². The van der Waals surface area contributed by atoms with E-state index in [-0.39, 0.29) is 142 Å². The van der Waals surface area contributed by atoms with Gasteiger partial charge in [0.1, 0.15) is 60.3 Å². The number of halogens is 12. The Kier molecular flexibility index (Phi) is 33.4. The van der Waals surface area contributed by atoms with Gasteiger partial charge in [0.15, 0.2) is 46.5 Å². The van der Waals surface area contributed by atoms with E-state index in [2.05, 4.69) is 51.4 Å². The molecule has 0 spiro atoms. The molecule has 4 saturated heterocycles. The minimum Gasteiger partial charge on any atom is -0.326 e. The maximum absolute atomic E-state index is 15.2. The molecule has 0 radical (unpaired) electrons. The van der Waals surface area contributed by atoms with Gasteiger partial charge in [-0.15, -0.1) is 0 Å². The molecular weight excluding hydrogens is 2020 g/mol. The smallest absolute Gasteiger partial charge is 0.320 e. The average molecular weight is 2110 g/mol. The zero-order valence-corrected chi connectivity index (χ0v) is 82.7. The molecule has 147 heavy (non-hydrogen) atoms. The molecule has 4 heterocycles. The summed E-state index contributed by atoms with van der Waals surface area (Å²) < 4.78 is 267. The van der Waals surface area contributed by atoms with Crippen molar-refractivity contribution in [1.82, 2.24) is 21.3 Å². The predicted molar refractivity (Wildman–Crippen MR) is 538 cm³/mol. The average Bonchev–Trinajstić information content (AvgIpc) is 1.70. The molecule has 16 rings (SSSR count). The molecule has 4 atom stereocenters. The third-order valence-electron chi connectivity index (χ3n) is 23.2. The Bertz CT molecular complexity index is 7630. The molecule has 12 aromatic carbocycles. The molecule has 4 aliphatic rings. The van der Waals surface area contributed by atoms with Crippen LogP contribution in [0, 0.1) is 97.5 Å². The van der Waals surface area contributed by atoms with Crippen molar-refractivity contribution in [2.45, 2.75) is 77.5 Å². The quantitative estimate of drug-likeness (QED) is 0.0209. The van der Waals surface area contributed by atoms with Gasteiger partial charge in [-0.25, -0.2) is 97.1 Å². The van der Waals surface area contributed by atoms with Crippen molar-refractivity contribution in [3.63, 3.8) is 0 Å². The number of anilines is 11. The number of aryl methyl sites for hydroxylation is 4. The van der Waals surface area contributed by atoms with Crippen LogP contribution in [-0.2, 0) is 53.8 Å². The van der Waals surface area contributed by atoms with Crippen LogP contribution in [0.15, 0.2) is 218 Å². The fourth-order valence-corrected chi connectivity index (χ4v) is 19.3. The first-order valence-corrected chi connectivity index (χ1v) is 53.0. The lowest BCUT2D eigenvalue weighted by Crippen LogP contribution is -2.43. The first-order valence-electron chi connectivity index (χ1n) is 44.7. The number of rotatable bonds is 23. The van der Waals surface area contributed by atoms with E-state index in [4.69, 9.17) is 0 Å². The summed E-state index contributed by atoms with van der Waals surface area (Å²) in [6, 6.07) is 44.7. The molecule has 12 amide bonds. The molecule has 0 aliphatic carbocycles. The van der Waals surface area contributed by atoms with Crippen LogP contribution in [0.2, 0.25) is 0 Å². The Hall–Kier alpha value is -15.8. The molecule has 0 aromatic heterocycles. The van der Waals surface area contributed by atoms with Crippen molar-refractivity contribution in [3.8, 4) is 44.5 Å². The molecule has 770 valence electrons. The Morgan fingerprint density at radius 1 is 0.293 bits per heavy atom. The molecule has 30 nitrogen and oxygen atoms in total. The molecule has 11 N–H and O–H groups in total. The van der Waals surface area contributed by atoms with Gasteiger partial charge < -0.3 is 66.7 Å². The Balaban J connectivity index is 0.000000164. The number of amides is 12. The number of hydrogen-bond donors (Lipinski definition) is 11. The zero-order chi connectivity index (χ0) is 107. The van der Waals surface area contributed by atoms with Crippen molar-refractivity contribution in [2.24, 2.45) is 0 Å². The van der Waals surface area contributed by atoms with Gasteiger partial charge in [0.25, 0.3) is 0 Å². The number of carbonyl (C=O) groups is 8. The van der Waals surface area contributed by atoms with Gasteiger partial charge in [-0.1, -0.05) is 109 Å². The van der Waals surface area contributed by atoms with Crippen molar-refractivity contribution < 1.29 is 121 Å². The second-order valence-corrected chi connectivity index (χ2v) is 43.3. The molecule has 4 aliphatic heterocycles. The summed E-state index contributed by atoms with van der Waals surface area (Å²) in [6.07, 6.45) is 3.31. The lowest BCUT2D eigenvalue weighted by Gasteiger charge is -2.20. The van der Waals surface area contributed by atoms with E-state index in [1.54, 1.807) is 100.0 Å². The number of carbonyl (C=O) groups excluding carboxylic acids is 8. The third kappa shape index (κ3) is 26.3. The van der Waals surface area contributed by atoms with E-state index in [0.717, 1.165) is 56.1 Å². The van der Waals surface area contributed by atoms with Crippen LogP contribution in [0.4, 0.5) is 134 Å². The van der Waals surface area contributed by atoms with Crippen molar-refractivity contribution in [3.05, 3.63) is 310 Å². The van der Waals surface area contributed by atoms with E-state index < -0.39 is 185 Å². The van der Waals surface area contributed by atoms with Crippen LogP contribution < -0.4 is 81.6 Å². The summed E-state index contributed by atoms with van der Waals surface area (Å²) in [5.74, 6) is -15.9. The zero-order valence-electron chi connectivity index (χ0n) is 79.4. The first kappa shape index (κ1) is 108. The standard InChI is InChI=1S/C26H25F3N3O3P.C25H22F4N4O4S.C25H23F3N4O4S.C25H24F2N4O4S/c1-15-8-10-19(18(27)14-15)30-26(34)31-20-12-13-32(25(20)33)21-11-9-17(23(28)24(21)29)16-6-4-5-7-22(16)36(2,3)35;1-13-11-16(26)23(17(27)12-13)31-25(35)30-19-9-10-33(24(19)34)20-8-7-15(21(28)22(20)29)14-5-3-4-6-18(14)32-38(2,36)37;1-14-7-9-19(17(26)13-14)29-25(34)30-20-11-12-32(24(20)33)21-10-8-16(22(27)23(21)28)15-5-3-4-6-18(15)31-37(2,35)36;1-15-7-9-16(10-8-15)28-25(33)29-20-13-14-31(24(20)32)21-12-11-18(22(26)23(21)27)17-5-3-4-6-19(17)30-36(2,34)35/h4-11,14,20H,12-13H2,1-3H3,(H2,30,31,34);3-8,11-12,19,32H,9-10H2,1-2H3,(H2,30,31,35);3-10,13,20,31H,11-12H2,1-2H3,(H2,29,30,34);3-12,20,30H,13-14H2,1-2H3,(H2,28,29,33)/t20-;19-;2*20-/m1111/s1. The van der Waals surface area contributed by atoms with E-state index in [1.165, 1.54) is 128 Å². The van der Waals surface area contributed by atoms with Crippen LogP contribution in [0.3, 0.4) is 0 Å². The topological polar surface area (TPSA) is 401 Å². The lowest BCUT2D eigenvalue weighted by atomic mass is 10.0. The van der Waals surface area contributed by atoms with Gasteiger partial charge in [0.2, 0.25) is 53.7 Å². The highest BCUT2D eigenvalue weighted by Crippen LogP contribution is 2.44. The van der Waals surface area contributed by atoms with Gasteiger partial charge in [-0.2, -0.15) is 0 Å². The van der Waals surface area contributed by atoms with Crippen LogP contribution >= 0.6 is 7.14 Å². The van der Waals surface area contributed by atoms with E-state index >= 15 is 35.1 Å². The maximum atomic E-state index is 15.2. The molecule has 12 aromatic rings. The maximum Gasteiger partial charge on any atom is 0.320 e. The van der Waals surface area contributed by atoms with Crippen molar-refractivity contribution in [1.29, 1.82) is 0 Å². The van der Waals surface area contributed by atoms with E-state index in [0.29, 0.717) is 33.2 Å². The van der Waals surface area contributed by atoms with Crippen molar-refractivity contribution >= 4 is 153 Å². The first-order chi connectivity index (χ1) is 69.3. The molecule has 0 bridgehead atoms. The van der Waals surface area contributed by atoms with E-state index in [1.807, 2.05) is 24.4 Å². The summed E-state index contributed by atoms with van der Waals surface area (Å²) in [6.45, 7) is 9.95. The third-order valence-corrected chi connectivity index (χ3v) is 26.6. The summed E-state index contributed by atoms with van der Waals surface area (Å²) >= 11 is 0. The number of nitrogens with zero attached hydrogens (tertiary/aromatic N) is 4. The normalized spacial score (nSPS) is 15.6. The Labute approximate surface area is 836 Å². The van der Waals surface area contributed by atoms with Crippen LogP contribution in [0.25, 0.3) is 44.5 Å². The number of benzene rings is 12. The van der Waals surface area contributed by atoms with Crippen molar-refractivity contribution in [2.75, 3.05) is 113 Å². The van der Waals surface area contributed by atoms with Crippen LogP contribution in [0.5, 0.6) is 0 Å². The summed E-state index contributed by atoms with van der Waals surface area (Å²) in [5.41, 5.74) is 1.39.